The fourth-order valence-corrected chi connectivity index (χ4v) is 7.03. The van der Waals surface area contributed by atoms with Crippen molar-refractivity contribution in [2.24, 2.45) is 0 Å². The number of benzene rings is 3. The van der Waals surface area contributed by atoms with E-state index >= 15 is 0 Å². The largest absolute Gasteiger partial charge is 0.355 e. The van der Waals surface area contributed by atoms with E-state index in [-0.39, 0.29) is 24.0 Å². The molecule has 1 saturated heterocycles. The van der Waals surface area contributed by atoms with Crippen LogP contribution in [0, 0.1) is 0 Å². The van der Waals surface area contributed by atoms with Gasteiger partial charge >= 0.3 is 6.03 Å². The van der Waals surface area contributed by atoms with Gasteiger partial charge in [-0.3, -0.25) is 4.79 Å². The van der Waals surface area contributed by atoms with Crippen molar-refractivity contribution in [3.05, 3.63) is 136 Å². The number of carbonyl (C=O) groups is 2. The summed E-state index contributed by atoms with van der Waals surface area (Å²) in [5.41, 5.74) is 6.21. The van der Waals surface area contributed by atoms with E-state index in [0.29, 0.717) is 45.9 Å². The van der Waals surface area contributed by atoms with Crippen LogP contribution in [0.2, 0.25) is 10.0 Å². The van der Waals surface area contributed by atoms with Crippen LogP contribution in [0.3, 0.4) is 0 Å². The second-order valence-electron chi connectivity index (χ2n) is 13.2. The van der Waals surface area contributed by atoms with E-state index in [4.69, 9.17) is 28.2 Å². The van der Waals surface area contributed by atoms with Crippen LogP contribution in [-0.2, 0) is 0 Å². The van der Waals surface area contributed by atoms with E-state index in [2.05, 4.69) is 58.0 Å². The van der Waals surface area contributed by atoms with Crippen LogP contribution in [0.25, 0.3) is 22.2 Å². The first-order valence-electron chi connectivity index (χ1n) is 17.3. The van der Waals surface area contributed by atoms with Crippen LogP contribution in [0.15, 0.2) is 104 Å². The highest BCUT2D eigenvalue weighted by Gasteiger charge is 2.30. The Kier molecular flexibility index (Phi) is 11.2. The van der Waals surface area contributed by atoms with Gasteiger partial charge in [-0.05, 0) is 86.0 Å². The van der Waals surface area contributed by atoms with E-state index in [1.165, 1.54) is 0 Å². The highest BCUT2D eigenvalue weighted by molar-refractivity contribution is 6.31. The number of hydrogen-bond acceptors (Lipinski definition) is 5. The van der Waals surface area contributed by atoms with E-state index < -0.39 is 0 Å². The number of carbonyl (C=O) groups excluding carboxylic acids is 2. The molecule has 0 bridgehead atoms. The maximum absolute atomic E-state index is 14.7. The molecule has 6 rings (SSSR count). The molecule has 9 nitrogen and oxygen atoms in total. The topological polar surface area (TPSA) is 96.6 Å². The molecule has 3 heterocycles. The van der Waals surface area contributed by atoms with Crippen molar-refractivity contribution in [1.29, 1.82) is 0 Å². The third kappa shape index (κ3) is 7.81. The maximum Gasteiger partial charge on any atom is 0.317 e. The number of nitrogens with zero attached hydrogens (tertiary/aromatic N) is 4. The number of urea groups is 1. The summed E-state index contributed by atoms with van der Waals surface area (Å²) in [6, 6.07) is 27.0. The fraction of sp³-hybridized carbons (Fsp3) is 0.244. The van der Waals surface area contributed by atoms with Gasteiger partial charge in [0.05, 0.1) is 17.4 Å². The third-order valence-electron chi connectivity index (χ3n) is 9.57. The Hall–Kier alpha value is -5.25. The number of rotatable bonds is 10. The Morgan fingerprint density at radius 1 is 0.981 bits per heavy atom. The van der Waals surface area contributed by atoms with Crippen molar-refractivity contribution in [1.82, 2.24) is 25.1 Å². The summed E-state index contributed by atoms with van der Waals surface area (Å²) in [4.78, 5) is 40.8. The molecule has 3 N–H and O–H groups in total. The summed E-state index contributed by atoms with van der Waals surface area (Å²) in [7, 11) is 3.47. The SMILES string of the molecule is C=CN(/C(=C(\C)c1ccccc1)c1c(C(=O)Nc2cccnc2N2CCC(NC(=O)N(C)C)CC2)[nH]c2cc(Cl)ccc12)C(C)c1ccc(Cl)cc1. The molecule has 1 unspecified atom stereocenters. The van der Waals surface area contributed by atoms with Crippen LogP contribution in [0.4, 0.5) is 16.3 Å². The summed E-state index contributed by atoms with van der Waals surface area (Å²) in [6.45, 7) is 9.77. The molecule has 3 amide bonds. The number of pyridine rings is 1. The lowest BCUT2D eigenvalue weighted by Gasteiger charge is -2.34. The predicted octanol–water partition coefficient (Wildman–Crippen LogP) is 9.46. The van der Waals surface area contributed by atoms with E-state index in [9.17, 15) is 9.59 Å². The lowest BCUT2D eigenvalue weighted by Crippen LogP contribution is -2.47. The summed E-state index contributed by atoms with van der Waals surface area (Å²) in [6.07, 6.45) is 5.05. The van der Waals surface area contributed by atoms with E-state index in [1.54, 1.807) is 31.4 Å². The zero-order chi connectivity index (χ0) is 36.9. The quantitative estimate of drug-likeness (QED) is 0.133. The fourth-order valence-electron chi connectivity index (χ4n) is 6.74. The van der Waals surface area contributed by atoms with Crippen molar-refractivity contribution in [3.63, 3.8) is 0 Å². The zero-order valence-corrected chi connectivity index (χ0v) is 31.3. The molecule has 1 aliphatic rings. The number of aromatic amines is 1. The smallest absolute Gasteiger partial charge is 0.317 e. The minimum Gasteiger partial charge on any atom is -0.355 e. The molecule has 0 spiro atoms. The van der Waals surface area contributed by atoms with Gasteiger partial charge in [-0.25, -0.2) is 9.78 Å². The molecule has 5 aromatic rings. The van der Waals surface area contributed by atoms with Gasteiger partial charge in [-0.2, -0.15) is 0 Å². The minimum atomic E-state index is -0.328. The summed E-state index contributed by atoms with van der Waals surface area (Å²) < 4.78 is 0. The van der Waals surface area contributed by atoms with Crippen LogP contribution in [0.5, 0.6) is 0 Å². The van der Waals surface area contributed by atoms with Crippen molar-refractivity contribution >= 4 is 68.8 Å². The highest BCUT2D eigenvalue weighted by Crippen LogP contribution is 2.41. The average Bonchev–Trinajstić information content (AvgIpc) is 3.52. The number of allylic oxidation sites excluding steroid dienone is 1. The second-order valence-corrected chi connectivity index (χ2v) is 14.0. The molecule has 1 atom stereocenters. The van der Waals surface area contributed by atoms with Crippen LogP contribution >= 0.6 is 23.2 Å². The summed E-state index contributed by atoms with van der Waals surface area (Å²) in [5, 5.41) is 8.31. The maximum atomic E-state index is 14.7. The van der Waals surface area contributed by atoms with Gasteiger partial charge < -0.3 is 30.3 Å². The Labute approximate surface area is 314 Å². The molecule has 0 aliphatic carbocycles. The number of anilines is 2. The summed E-state index contributed by atoms with van der Waals surface area (Å²) >= 11 is 12.8. The standard InChI is InChI=1S/C41H43Cl2N7O2/c1-6-50(27(3)29-14-16-30(42)17-15-29)38(26(2)28-11-8-7-9-12-28)36-33-19-18-31(43)25-35(33)46-37(36)40(51)47-34-13-10-22-44-39(34)49-23-20-32(21-24-49)45-41(52)48(4)5/h6-19,22,25,27,32,46H,1,20-21,23-24H2,2-5H3,(H,45,52)(H,47,51)/b38-26+. The molecule has 268 valence electrons. The van der Waals surface area contributed by atoms with E-state index in [1.807, 2.05) is 72.8 Å². The highest BCUT2D eigenvalue weighted by atomic mass is 35.5. The molecule has 3 aromatic carbocycles. The minimum absolute atomic E-state index is 0.0646. The molecule has 52 heavy (non-hydrogen) atoms. The number of nitrogens with one attached hydrogen (secondary N) is 3. The monoisotopic (exact) mass is 735 g/mol. The zero-order valence-electron chi connectivity index (χ0n) is 29.8. The average molecular weight is 737 g/mol. The number of fused-ring (bicyclic) bond motifs is 1. The Morgan fingerprint density at radius 3 is 2.35 bits per heavy atom. The van der Waals surface area contributed by atoms with Crippen LogP contribution in [-0.4, -0.2) is 64.9 Å². The Bertz CT molecular complexity index is 2100. The lowest BCUT2D eigenvalue weighted by atomic mass is 9.95. The number of hydrogen-bond donors (Lipinski definition) is 3. The van der Waals surface area contributed by atoms with Crippen molar-refractivity contribution in [2.45, 2.75) is 38.8 Å². The second kappa shape index (κ2) is 16.0. The number of aromatic nitrogens is 2. The molecule has 2 aromatic heterocycles. The lowest BCUT2D eigenvalue weighted by molar-refractivity contribution is 0.102. The molecule has 0 saturated carbocycles. The Balaban J connectivity index is 1.42. The molecular formula is C41H43Cl2N7O2. The van der Waals surface area contributed by atoms with Gasteiger partial charge in [0.1, 0.15) is 5.69 Å². The predicted molar refractivity (Wildman–Crippen MR) is 214 cm³/mol. The molecule has 11 heteroatoms. The first kappa shape index (κ1) is 36.5. The van der Waals surface area contributed by atoms with Gasteiger partial charge in [0.2, 0.25) is 0 Å². The number of H-pyrrole nitrogens is 1. The van der Waals surface area contributed by atoms with Gasteiger partial charge in [-0.1, -0.05) is 78.3 Å². The van der Waals surface area contributed by atoms with E-state index in [0.717, 1.165) is 46.1 Å². The normalized spacial score (nSPS) is 14.4. The van der Waals surface area contributed by atoms with Crippen LogP contribution in [0.1, 0.15) is 59.9 Å². The van der Waals surface area contributed by atoms with Gasteiger partial charge in [0.15, 0.2) is 5.82 Å². The first-order chi connectivity index (χ1) is 25.0. The number of amides is 3. The van der Waals surface area contributed by atoms with Gasteiger partial charge in [0.25, 0.3) is 5.91 Å². The Morgan fingerprint density at radius 2 is 1.67 bits per heavy atom. The first-order valence-corrected chi connectivity index (χ1v) is 18.0. The van der Waals surface area contributed by atoms with Crippen molar-refractivity contribution < 1.29 is 9.59 Å². The number of piperidine rings is 1. The summed E-state index contributed by atoms with van der Waals surface area (Å²) in [5.74, 6) is 0.348. The van der Waals surface area contributed by atoms with Crippen LogP contribution < -0.4 is 15.5 Å². The molecule has 1 aliphatic heterocycles. The van der Waals surface area contributed by atoms with Crippen molar-refractivity contribution in [2.75, 3.05) is 37.4 Å². The van der Waals surface area contributed by atoms with Crippen molar-refractivity contribution in [3.8, 4) is 0 Å². The molecule has 1 fully saturated rings. The molecule has 0 radical (unpaired) electrons. The number of halogens is 2. The van der Waals surface area contributed by atoms with Gasteiger partial charge in [-0.15, -0.1) is 0 Å². The third-order valence-corrected chi connectivity index (χ3v) is 10.1. The molecular weight excluding hydrogens is 693 g/mol. The van der Waals surface area contributed by atoms with Gasteiger partial charge in [0, 0.05) is 65.9 Å².